The van der Waals surface area contributed by atoms with Crippen molar-refractivity contribution >= 4 is 10.0 Å². The highest BCUT2D eigenvalue weighted by molar-refractivity contribution is 7.88. The van der Waals surface area contributed by atoms with E-state index in [4.69, 9.17) is 0 Å². The fraction of sp³-hybridized carbons (Fsp3) is 0.455. The molecule has 0 aliphatic rings. The largest absolute Gasteiger partial charge is 0.416 e. The van der Waals surface area contributed by atoms with Crippen LogP contribution < -0.4 is 10.0 Å². The zero-order valence-electron chi connectivity index (χ0n) is 10.3. The van der Waals surface area contributed by atoms with Gasteiger partial charge in [-0.3, -0.25) is 0 Å². The molecule has 0 heterocycles. The van der Waals surface area contributed by atoms with Crippen molar-refractivity contribution in [1.82, 2.24) is 10.0 Å². The van der Waals surface area contributed by atoms with Crippen molar-refractivity contribution in [1.29, 1.82) is 0 Å². The molecule has 0 aliphatic carbocycles. The number of hydrogen-bond acceptors (Lipinski definition) is 3. The zero-order valence-corrected chi connectivity index (χ0v) is 11.1. The maximum absolute atomic E-state index is 12.7. The van der Waals surface area contributed by atoms with Crippen LogP contribution in [0.2, 0.25) is 0 Å². The number of benzene rings is 1. The number of rotatable bonds is 6. The van der Waals surface area contributed by atoms with E-state index in [0.717, 1.165) is 12.3 Å². The summed E-state index contributed by atoms with van der Waals surface area (Å²) >= 11 is 0. The summed E-state index contributed by atoms with van der Waals surface area (Å²) in [6.07, 6.45) is -3.37. The summed E-state index contributed by atoms with van der Waals surface area (Å²) in [5, 5.41) is 2.76. The van der Waals surface area contributed by atoms with E-state index in [1.807, 2.05) is 0 Å². The smallest absolute Gasteiger partial charge is 0.311 e. The van der Waals surface area contributed by atoms with E-state index in [9.17, 15) is 21.6 Å². The third-order valence-electron chi connectivity index (χ3n) is 2.30. The van der Waals surface area contributed by atoms with Crippen LogP contribution in [0.4, 0.5) is 13.2 Å². The molecule has 0 saturated heterocycles. The van der Waals surface area contributed by atoms with Crippen LogP contribution in [0.1, 0.15) is 11.1 Å². The molecule has 19 heavy (non-hydrogen) atoms. The van der Waals surface area contributed by atoms with Crippen molar-refractivity contribution in [2.75, 3.05) is 19.3 Å². The van der Waals surface area contributed by atoms with Gasteiger partial charge in [0.15, 0.2) is 0 Å². The Balaban J connectivity index is 2.50. The zero-order chi connectivity index (χ0) is 14.5. The third kappa shape index (κ3) is 6.04. The van der Waals surface area contributed by atoms with Gasteiger partial charge in [0.2, 0.25) is 10.0 Å². The molecule has 1 rings (SSSR count). The third-order valence-corrected chi connectivity index (χ3v) is 3.03. The van der Waals surface area contributed by atoms with Gasteiger partial charge in [0.05, 0.1) is 11.8 Å². The fourth-order valence-electron chi connectivity index (χ4n) is 1.50. The van der Waals surface area contributed by atoms with E-state index in [1.54, 1.807) is 0 Å². The predicted octanol–water partition coefficient (Wildman–Crippen LogP) is 1.34. The second-order valence-electron chi connectivity index (χ2n) is 4.00. The molecule has 0 aliphatic heterocycles. The quantitative estimate of drug-likeness (QED) is 0.779. The highest BCUT2D eigenvalue weighted by Gasteiger charge is 2.32. The first kappa shape index (κ1) is 15.9. The Morgan fingerprint density at radius 1 is 1.16 bits per heavy atom. The second-order valence-corrected chi connectivity index (χ2v) is 5.83. The summed E-state index contributed by atoms with van der Waals surface area (Å²) < 4.78 is 61.7. The van der Waals surface area contributed by atoms with Gasteiger partial charge >= 0.3 is 6.18 Å². The lowest BCUT2D eigenvalue weighted by Crippen LogP contribution is -2.31. The summed E-state index contributed by atoms with van der Waals surface area (Å²) in [5.74, 6) is 0. The Bertz CT molecular complexity index is 515. The molecule has 0 atom stereocenters. The maximum Gasteiger partial charge on any atom is 0.416 e. The van der Waals surface area contributed by atoms with Crippen LogP contribution in [-0.4, -0.2) is 27.8 Å². The summed E-state index contributed by atoms with van der Waals surface area (Å²) in [4.78, 5) is 0. The monoisotopic (exact) mass is 296 g/mol. The standard InChI is InChI=1S/C11H15F3N2O2S/c1-19(17,18)16-7-6-15-8-9-4-2-3-5-10(9)11(12,13)14/h2-5,15-16H,6-8H2,1H3. The van der Waals surface area contributed by atoms with Crippen LogP contribution in [0.25, 0.3) is 0 Å². The van der Waals surface area contributed by atoms with E-state index in [1.165, 1.54) is 18.2 Å². The minimum absolute atomic E-state index is 0.0289. The molecule has 8 heteroatoms. The van der Waals surface area contributed by atoms with Crippen LogP contribution in [-0.2, 0) is 22.7 Å². The second kappa shape index (κ2) is 6.36. The summed E-state index contributed by atoms with van der Waals surface area (Å²) in [6.45, 7) is 0.410. The topological polar surface area (TPSA) is 58.2 Å². The molecule has 0 unspecified atom stereocenters. The van der Waals surface area contributed by atoms with Crippen molar-refractivity contribution in [2.45, 2.75) is 12.7 Å². The van der Waals surface area contributed by atoms with Crippen molar-refractivity contribution in [3.63, 3.8) is 0 Å². The van der Waals surface area contributed by atoms with E-state index in [2.05, 4.69) is 10.0 Å². The number of sulfonamides is 1. The van der Waals surface area contributed by atoms with E-state index in [0.29, 0.717) is 0 Å². The summed E-state index contributed by atoms with van der Waals surface area (Å²) in [7, 11) is -3.27. The van der Waals surface area contributed by atoms with Gasteiger partial charge in [0.25, 0.3) is 0 Å². The average molecular weight is 296 g/mol. The highest BCUT2D eigenvalue weighted by Crippen LogP contribution is 2.31. The Hall–Kier alpha value is -1.12. The van der Waals surface area contributed by atoms with Crippen molar-refractivity contribution < 1.29 is 21.6 Å². The Morgan fingerprint density at radius 2 is 1.79 bits per heavy atom. The van der Waals surface area contributed by atoms with Crippen molar-refractivity contribution in [3.8, 4) is 0 Å². The van der Waals surface area contributed by atoms with Gasteiger partial charge in [-0.05, 0) is 11.6 Å². The van der Waals surface area contributed by atoms with Crippen LogP contribution in [0.5, 0.6) is 0 Å². The molecule has 1 aromatic carbocycles. The number of hydrogen-bond donors (Lipinski definition) is 2. The molecule has 0 fully saturated rings. The molecule has 0 radical (unpaired) electrons. The number of nitrogens with one attached hydrogen (secondary N) is 2. The van der Waals surface area contributed by atoms with E-state index >= 15 is 0 Å². The van der Waals surface area contributed by atoms with Gasteiger partial charge in [-0.25, -0.2) is 13.1 Å². The SMILES string of the molecule is CS(=O)(=O)NCCNCc1ccccc1C(F)(F)F. The van der Waals surface area contributed by atoms with Gasteiger partial charge in [-0.1, -0.05) is 18.2 Å². The molecule has 0 spiro atoms. The van der Waals surface area contributed by atoms with Crippen LogP contribution in [0.15, 0.2) is 24.3 Å². The Morgan fingerprint density at radius 3 is 2.37 bits per heavy atom. The molecule has 0 bridgehead atoms. The lowest BCUT2D eigenvalue weighted by Gasteiger charge is -2.13. The Kier molecular flexibility index (Phi) is 5.33. The summed E-state index contributed by atoms with van der Waals surface area (Å²) in [6, 6.07) is 5.27. The maximum atomic E-state index is 12.7. The molecule has 0 saturated carbocycles. The van der Waals surface area contributed by atoms with E-state index in [-0.39, 0.29) is 25.2 Å². The first-order chi connectivity index (χ1) is 8.70. The molecule has 2 N–H and O–H groups in total. The van der Waals surface area contributed by atoms with Gasteiger partial charge in [-0.15, -0.1) is 0 Å². The lowest BCUT2D eigenvalue weighted by molar-refractivity contribution is -0.138. The molecule has 108 valence electrons. The minimum Gasteiger partial charge on any atom is -0.311 e. The molecule has 1 aromatic rings. The highest BCUT2D eigenvalue weighted by atomic mass is 32.2. The summed E-state index contributed by atoms with van der Waals surface area (Å²) in [5.41, 5.74) is -0.548. The van der Waals surface area contributed by atoms with Crippen LogP contribution in [0, 0.1) is 0 Å². The van der Waals surface area contributed by atoms with E-state index < -0.39 is 21.8 Å². The first-order valence-electron chi connectivity index (χ1n) is 5.50. The first-order valence-corrected chi connectivity index (χ1v) is 7.40. The van der Waals surface area contributed by atoms with Crippen molar-refractivity contribution in [2.24, 2.45) is 0 Å². The van der Waals surface area contributed by atoms with Gasteiger partial charge in [0.1, 0.15) is 0 Å². The van der Waals surface area contributed by atoms with Crippen molar-refractivity contribution in [3.05, 3.63) is 35.4 Å². The predicted molar refractivity (Wildman–Crippen MR) is 66.0 cm³/mol. The molecule has 4 nitrogen and oxygen atoms in total. The van der Waals surface area contributed by atoms with Gasteiger partial charge < -0.3 is 5.32 Å². The average Bonchev–Trinajstić information content (AvgIpc) is 2.26. The number of halogens is 3. The van der Waals surface area contributed by atoms with Crippen LogP contribution in [0.3, 0.4) is 0 Å². The lowest BCUT2D eigenvalue weighted by atomic mass is 10.1. The van der Waals surface area contributed by atoms with Gasteiger partial charge in [0, 0.05) is 19.6 Å². The molecule has 0 aromatic heterocycles. The molecular formula is C11H15F3N2O2S. The molecular weight excluding hydrogens is 281 g/mol. The van der Waals surface area contributed by atoms with Gasteiger partial charge in [-0.2, -0.15) is 13.2 Å². The van der Waals surface area contributed by atoms with Crippen LogP contribution >= 0.6 is 0 Å². The minimum atomic E-state index is -4.39. The normalized spacial score (nSPS) is 12.6. The fourth-order valence-corrected chi connectivity index (χ4v) is 1.97. The Labute approximate surface area is 110 Å². The molecule has 0 amide bonds. The number of alkyl halides is 3.